The van der Waals surface area contributed by atoms with Crippen molar-refractivity contribution in [2.24, 2.45) is 5.41 Å². The standard InChI is InChI=1S/C28H26F3N9O4/c1-15-21(7-18(8-32-15)24-35-26(44-37-24)17-5-19(6-17)43-28(29,30)31)34-25(41)20-9-33-40-10-16(3-4-23(20)40)22-11-39(38-36-22)12-27(2)13-42-14-27/h3-4,7-11,17,19H,5-6,12-14H2,1-2H3,(H,34,41). The van der Waals surface area contributed by atoms with E-state index in [1.807, 2.05) is 12.3 Å². The van der Waals surface area contributed by atoms with Gasteiger partial charge in [0.15, 0.2) is 0 Å². The molecule has 16 heteroatoms. The monoisotopic (exact) mass is 609 g/mol. The first-order valence-electron chi connectivity index (χ1n) is 13.8. The molecule has 5 aromatic heterocycles. The number of anilines is 1. The molecule has 6 heterocycles. The maximum atomic E-state index is 13.3. The zero-order valence-electron chi connectivity index (χ0n) is 23.6. The summed E-state index contributed by atoms with van der Waals surface area (Å²) in [6.07, 6.45) is 1.33. The normalized spacial score (nSPS) is 19.5. The SMILES string of the molecule is Cc1ncc(-c2noc(C3CC(OC(F)(F)F)C3)n2)cc1NC(=O)c1cnn2cc(-c3cn(CC4(C)COC4)nn3)ccc12. The Balaban J connectivity index is 1.04. The minimum Gasteiger partial charge on any atom is -0.380 e. The molecule has 1 amide bonds. The number of halogens is 3. The Morgan fingerprint density at radius 2 is 2.00 bits per heavy atom. The van der Waals surface area contributed by atoms with Crippen molar-refractivity contribution in [3.8, 4) is 22.6 Å². The summed E-state index contributed by atoms with van der Waals surface area (Å²) >= 11 is 0. The number of carbonyl (C=O) groups is 1. The van der Waals surface area contributed by atoms with Crippen LogP contribution in [0.15, 0.2) is 47.5 Å². The minimum absolute atomic E-state index is 0.0549. The number of nitrogens with one attached hydrogen (secondary N) is 1. The maximum absolute atomic E-state index is 13.3. The summed E-state index contributed by atoms with van der Waals surface area (Å²) in [4.78, 5) is 22.0. The van der Waals surface area contributed by atoms with E-state index in [1.165, 1.54) is 12.4 Å². The number of alkyl halides is 3. The first-order chi connectivity index (χ1) is 21.0. The number of aryl methyl sites for hydroxylation is 1. The van der Waals surface area contributed by atoms with Gasteiger partial charge in [-0.05, 0) is 38.0 Å². The summed E-state index contributed by atoms with van der Waals surface area (Å²) in [5.41, 5.74) is 3.94. The first kappa shape index (κ1) is 28.1. The molecule has 13 nitrogen and oxygen atoms in total. The molecule has 2 aliphatic rings. The molecule has 1 N–H and O–H groups in total. The molecule has 44 heavy (non-hydrogen) atoms. The van der Waals surface area contributed by atoms with Gasteiger partial charge in [0.2, 0.25) is 11.7 Å². The van der Waals surface area contributed by atoms with Gasteiger partial charge in [0.25, 0.3) is 5.91 Å². The van der Waals surface area contributed by atoms with E-state index in [-0.39, 0.29) is 35.9 Å². The van der Waals surface area contributed by atoms with Crippen LogP contribution in [0.1, 0.15) is 47.6 Å². The number of carbonyl (C=O) groups excluding carboxylic acids is 1. The summed E-state index contributed by atoms with van der Waals surface area (Å²) in [6, 6.07) is 5.32. The third-order valence-electron chi connectivity index (χ3n) is 7.82. The third-order valence-corrected chi connectivity index (χ3v) is 7.82. The van der Waals surface area contributed by atoms with Crippen molar-refractivity contribution in [1.82, 2.24) is 39.7 Å². The summed E-state index contributed by atoms with van der Waals surface area (Å²) in [5.74, 6) is -0.284. The van der Waals surface area contributed by atoms with Crippen LogP contribution >= 0.6 is 0 Å². The second-order valence-electron chi connectivity index (χ2n) is 11.5. The number of hydrogen-bond acceptors (Lipinski definition) is 10. The van der Waals surface area contributed by atoms with Gasteiger partial charge in [-0.15, -0.1) is 18.3 Å². The molecule has 5 aromatic rings. The number of hydrogen-bond donors (Lipinski definition) is 1. The van der Waals surface area contributed by atoms with Gasteiger partial charge in [0, 0.05) is 34.9 Å². The predicted molar refractivity (Wildman–Crippen MR) is 146 cm³/mol. The van der Waals surface area contributed by atoms with Crippen LogP contribution in [-0.2, 0) is 16.0 Å². The molecule has 1 aliphatic heterocycles. The fraction of sp³-hybridized carbons (Fsp3) is 0.393. The Morgan fingerprint density at radius 1 is 1.18 bits per heavy atom. The Kier molecular flexibility index (Phi) is 6.69. The Bertz CT molecular complexity index is 1850. The zero-order chi connectivity index (χ0) is 30.6. The van der Waals surface area contributed by atoms with E-state index in [4.69, 9.17) is 9.26 Å². The van der Waals surface area contributed by atoms with Crippen LogP contribution in [-0.4, -0.2) is 71.3 Å². The highest BCUT2D eigenvalue weighted by molar-refractivity contribution is 6.09. The van der Waals surface area contributed by atoms with Crippen LogP contribution in [0, 0.1) is 12.3 Å². The average Bonchev–Trinajstić information content (AvgIpc) is 3.70. The van der Waals surface area contributed by atoms with Crippen LogP contribution < -0.4 is 5.32 Å². The molecule has 1 aliphatic carbocycles. The number of nitrogens with zero attached hydrogens (tertiary/aromatic N) is 8. The molecule has 1 saturated carbocycles. The van der Waals surface area contributed by atoms with Crippen LogP contribution in [0.4, 0.5) is 18.9 Å². The summed E-state index contributed by atoms with van der Waals surface area (Å²) in [7, 11) is 0. The average molecular weight is 610 g/mol. The number of ether oxygens (including phenoxy) is 2. The summed E-state index contributed by atoms with van der Waals surface area (Å²) in [5, 5.41) is 19.7. The smallest absolute Gasteiger partial charge is 0.380 e. The van der Waals surface area contributed by atoms with E-state index in [1.54, 1.807) is 34.5 Å². The van der Waals surface area contributed by atoms with E-state index < -0.39 is 18.4 Å². The molecule has 0 bridgehead atoms. The lowest BCUT2D eigenvalue weighted by Gasteiger charge is -2.37. The number of amides is 1. The van der Waals surface area contributed by atoms with Crippen molar-refractivity contribution < 1.29 is 32.0 Å². The van der Waals surface area contributed by atoms with Gasteiger partial charge in [0.1, 0.15) is 5.69 Å². The maximum Gasteiger partial charge on any atom is 0.522 e. The lowest BCUT2D eigenvalue weighted by Crippen LogP contribution is -2.43. The van der Waals surface area contributed by atoms with E-state index in [0.717, 1.165) is 5.56 Å². The minimum atomic E-state index is -4.68. The molecule has 7 rings (SSSR count). The molecular formula is C28H26F3N9O4. The zero-order valence-corrected chi connectivity index (χ0v) is 23.6. The van der Waals surface area contributed by atoms with E-state index in [2.05, 4.69) is 47.5 Å². The second-order valence-corrected chi connectivity index (χ2v) is 11.5. The summed E-state index contributed by atoms with van der Waals surface area (Å²) in [6.45, 7) is 5.98. The molecule has 0 atom stereocenters. The van der Waals surface area contributed by atoms with Crippen molar-refractivity contribution in [1.29, 1.82) is 0 Å². The van der Waals surface area contributed by atoms with Crippen LogP contribution in [0.2, 0.25) is 0 Å². The van der Waals surface area contributed by atoms with Gasteiger partial charge in [-0.2, -0.15) is 10.1 Å². The fourth-order valence-electron chi connectivity index (χ4n) is 5.29. The fourth-order valence-corrected chi connectivity index (χ4v) is 5.29. The van der Waals surface area contributed by atoms with Gasteiger partial charge >= 0.3 is 6.36 Å². The Hall–Kier alpha value is -4.70. The number of fused-ring (bicyclic) bond motifs is 1. The van der Waals surface area contributed by atoms with Crippen LogP contribution in [0.25, 0.3) is 28.2 Å². The molecule has 1 saturated heterocycles. The third kappa shape index (κ3) is 5.53. The number of pyridine rings is 2. The molecule has 2 fully saturated rings. The van der Waals surface area contributed by atoms with Crippen molar-refractivity contribution in [3.05, 3.63) is 60.1 Å². The topological polar surface area (TPSA) is 147 Å². The molecule has 0 unspecified atom stereocenters. The van der Waals surface area contributed by atoms with E-state index in [9.17, 15) is 18.0 Å². The number of aromatic nitrogens is 8. The van der Waals surface area contributed by atoms with Crippen LogP contribution in [0.5, 0.6) is 0 Å². The van der Waals surface area contributed by atoms with Gasteiger partial charge < -0.3 is 14.6 Å². The molecule has 0 spiro atoms. The van der Waals surface area contributed by atoms with Crippen LogP contribution in [0.3, 0.4) is 0 Å². The lowest BCUT2D eigenvalue weighted by molar-refractivity contribution is -0.352. The van der Waals surface area contributed by atoms with Gasteiger partial charge in [-0.1, -0.05) is 17.3 Å². The quantitative estimate of drug-likeness (QED) is 0.268. The summed E-state index contributed by atoms with van der Waals surface area (Å²) < 4.78 is 55.3. The van der Waals surface area contributed by atoms with Crippen molar-refractivity contribution in [2.75, 3.05) is 18.5 Å². The molecule has 228 valence electrons. The largest absolute Gasteiger partial charge is 0.522 e. The molecular weight excluding hydrogens is 583 g/mol. The van der Waals surface area contributed by atoms with Gasteiger partial charge in [0.05, 0.1) is 60.7 Å². The number of rotatable bonds is 8. The highest BCUT2D eigenvalue weighted by Crippen LogP contribution is 2.41. The lowest BCUT2D eigenvalue weighted by atomic mass is 9.82. The second kappa shape index (κ2) is 10.5. The van der Waals surface area contributed by atoms with Crippen molar-refractivity contribution in [3.63, 3.8) is 0 Å². The van der Waals surface area contributed by atoms with Crippen molar-refractivity contribution in [2.45, 2.75) is 51.6 Å². The van der Waals surface area contributed by atoms with E-state index in [0.29, 0.717) is 53.5 Å². The molecule has 0 radical (unpaired) electrons. The van der Waals surface area contributed by atoms with Gasteiger partial charge in [-0.3, -0.25) is 19.2 Å². The Morgan fingerprint density at radius 3 is 2.75 bits per heavy atom. The van der Waals surface area contributed by atoms with E-state index >= 15 is 0 Å². The first-order valence-corrected chi connectivity index (χ1v) is 13.8. The highest BCUT2D eigenvalue weighted by Gasteiger charge is 2.42. The molecule has 0 aromatic carbocycles. The highest BCUT2D eigenvalue weighted by atomic mass is 19.4. The predicted octanol–water partition coefficient (Wildman–Crippen LogP) is 4.42. The van der Waals surface area contributed by atoms with Gasteiger partial charge in [-0.25, -0.2) is 4.52 Å². The Labute approximate surface area is 247 Å². The van der Waals surface area contributed by atoms with Crippen molar-refractivity contribution >= 4 is 17.1 Å².